The molecule has 0 saturated carbocycles. The van der Waals surface area contributed by atoms with Crippen LogP contribution in [-0.4, -0.2) is 33.6 Å². The van der Waals surface area contributed by atoms with Gasteiger partial charge in [0.25, 0.3) is 0 Å². The van der Waals surface area contributed by atoms with Crippen LogP contribution in [0.2, 0.25) is 0 Å². The molecule has 0 amide bonds. The van der Waals surface area contributed by atoms with Gasteiger partial charge in [-0.25, -0.2) is 4.98 Å². The van der Waals surface area contributed by atoms with Crippen LogP contribution in [0.15, 0.2) is 28.6 Å². The summed E-state index contributed by atoms with van der Waals surface area (Å²) in [6.45, 7) is 6.37. The minimum atomic E-state index is -0.788. The zero-order valence-corrected chi connectivity index (χ0v) is 18.6. The number of methoxy groups -OCH3 is 1. The SMILES string of the molecule is COc1cc2c(cc1N=Nc1ncc([N+](=O)[O-])s1)C(C)C(CCCC(=O)O)C(C)(C)N2. The smallest absolute Gasteiger partial charge is 0.345 e. The first-order chi connectivity index (χ1) is 14.6. The molecular weight excluding hydrogens is 422 g/mol. The van der Waals surface area contributed by atoms with Crippen LogP contribution in [0, 0.1) is 16.0 Å². The minimum absolute atomic E-state index is 0.101. The van der Waals surface area contributed by atoms with Crippen molar-refractivity contribution < 1.29 is 19.6 Å². The Kier molecular flexibility index (Phi) is 6.54. The lowest BCUT2D eigenvalue weighted by atomic mass is 9.69. The van der Waals surface area contributed by atoms with Crippen molar-refractivity contribution in [1.29, 1.82) is 0 Å². The maximum atomic E-state index is 10.9. The third-order valence-electron chi connectivity index (χ3n) is 5.64. The molecule has 31 heavy (non-hydrogen) atoms. The van der Waals surface area contributed by atoms with Crippen molar-refractivity contribution in [2.45, 2.75) is 51.5 Å². The largest absolute Gasteiger partial charge is 0.494 e. The quantitative estimate of drug-likeness (QED) is 0.302. The van der Waals surface area contributed by atoms with Crippen molar-refractivity contribution in [3.05, 3.63) is 34.0 Å². The Labute approximate surface area is 183 Å². The Bertz CT molecular complexity index is 1020. The van der Waals surface area contributed by atoms with Crippen molar-refractivity contribution >= 4 is 38.8 Å². The molecule has 166 valence electrons. The number of aromatic nitrogens is 1. The molecule has 0 saturated heterocycles. The molecule has 2 aromatic rings. The van der Waals surface area contributed by atoms with E-state index in [1.165, 1.54) is 0 Å². The van der Waals surface area contributed by atoms with Gasteiger partial charge >= 0.3 is 11.0 Å². The number of carbonyl (C=O) groups is 1. The fourth-order valence-corrected chi connectivity index (χ4v) is 4.71. The number of azo groups is 1. The van der Waals surface area contributed by atoms with Gasteiger partial charge in [0.2, 0.25) is 5.13 Å². The summed E-state index contributed by atoms with van der Waals surface area (Å²) in [7, 11) is 1.54. The van der Waals surface area contributed by atoms with Gasteiger partial charge in [-0.15, -0.1) is 10.2 Å². The maximum absolute atomic E-state index is 10.9. The van der Waals surface area contributed by atoms with Crippen LogP contribution in [0.25, 0.3) is 0 Å². The number of ether oxygens (including phenoxy) is 1. The highest BCUT2D eigenvalue weighted by molar-refractivity contribution is 7.18. The summed E-state index contributed by atoms with van der Waals surface area (Å²) in [5.74, 6) is 0.109. The van der Waals surface area contributed by atoms with E-state index in [-0.39, 0.29) is 33.9 Å². The van der Waals surface area contributed by atoms with E-state index < -0.39 is 10.9 Å². The Morgan fingerprint density at radius 3 is 2.77 bits per heavy atom. The van der Waals surface area contributed by atoms with E-state index in [2.05, 4.69) is 41.3 Å². The highest BCUT2D eigenvalue weighted by atomic mass is 32.1. The van der Waals surface area contributed by atoms with Crippen molar-refractivity contribution in [3.8, 4) is 5.75 Å². The third kappa shape index (κ3) is 4.98. The number of carboxylic acids is 1. The van der Waals surface area contributed by atoms with Gasteiger partial charge in [0, 0.05) is 23.7 Å². The van der Waals surface area contributed by atoms with Gasteiger partial charge in [0.15, 0.2) is 0 Å². The number of anilines is 1. The molecular formula is C20H25N5O5S. The van der Waals surface area contributed by atoms with E-state index in [4.69, 9.17) is 9.84 Å². The summed E-state index contributed by atoms with van der Waals surface area (Å²) >= 11 is 0.843. The monoisotopic (exact) mass is 447 g/mol. The molecule has 0 bridgehead atoms. The van der Waals surface area contributed by atoms with E-state index in [1.54, 1.807) is 7.11 Å². The average Bonchev–Trinajstić information content (AvgIpc) is 3.17. The van der Waals surface area contributed by atoms with E-state index >= 15 is 0 Å². The number of nitro groups is 1. The molecule has 2 unspecified atom stereocenters. The number of thiazole rings is 1. The molecule has 1 aromatic carbocycles. The molecule has 3 rings (SSSR count). The van der Waals surface area contributed by atoms with Crippen LogP contribution >= 0.6 is 11.3 Å². The Balaban J connectivity index is 1.91. The maximum Gasteiger partial charge on any atom is 0.345 e. The lowest BCUT2D eigenvalue weighted by Crippen LogP contribution is -2.45. The zero-order valence-electron chi connectivity index (χ0n) is 17.8. The number of benzene rings is 1. The predicted octanol–water partition coefficient (Wildman–Crippen LogP) is 5.65. The summed E-state index contributed by atoms with van der Waals surface area (Å²) in [6, 6.07) is 3.77. The topological polar surface area (TPSA) is 139 Å². The van der Waals surface area contributed by atoms with Gasteiger partial charge < -0.3 is 15.2 Å². The van der Waals surface area contributed by atoms with Gasteiger partial charge in [0.1, 0.15) is 17.6 Å². The number of hydrogen-bond acceptors (Lipinski definition) is 9. The van der Waals surface area contributed by atoms with Gasteiger partial charge in [0.05, 0.1) is 12.0 Å². The summed E-state index contributed by atoms with van der Waals surface area (Å²) in [4.78, 5) is 25.1. The van der Waals surface area contributed by atoms with Gasteiger partial charge in [-0.3, -0.25) is 14.9 Å². The summed E-state index contributed by atoms with van der Waals surface area (Å²) in [5.41, 5.74) is 2.25. The second kappa shape index (κ2) is 8.96. The van der Waals surface area contributed by atoms with Crippen molar-refractivity contribution in [1.82, 2.24) is 4.98 Å². The van der Waals surface area contributed by atoms with Crippen LogP contribution < -0.4 is 10.1 Å². The number of aliphatic carboxylic acids is 1. The normalized spacial score (nSPS) is 19.6. The number of carboxylic acid groups (broad SMARTS) is 1. The molecule has 1 aliphatic heterocycles. The molecule has 11 heteroatoms. The van der Waals surface area contributed by atoms with Crippen LogP contribution in [0.5, 0.6) is 5.75 Å². The van der Waals surface area contributed by atoms with E-state index in [9.17, 15) is 14.9 Å². The van der Waals surface area contributed by atoms with Crippen molar-refractivity contribution in [2.75, 3.05) is 12.4 Å². The van der Waals surface area contributed by atoms with Gasteiger partial charge in [-0.05, 0) is 61.5 Å². The lowest BCUT2D eigenvalue weighted by Gasteiger charge is -2.45. The molecule has 2 heterocycles. The van der Waals surface area contributed by atoms with E-state index in [0.29, 0.717) is 17.9 Å². The van der Waals surface area contributed by atoms with E-state index in [0.717, 1.165) is 35.2 Å². The number of fused-ring (bicyclic) bond motifs is 1. The molecule has 2 atom stereocenters. The molecule has 0 spiro atoms. The van der Waals surface area contributed by atoms with Gasteiger partial charge in [-0.2, -0.15) is 0 Å². The van der Waals surface area contributed by atoms with Crippen LogP contribution in [0.1, 0.15) is 51.5 Å². The number of nitrogens with one attached hydrogen (secondary N) is 1. The fourth-order valence-electron chi connectivity index (χ4n) is 4.16. The average molecular weight is 448 g/mol. The molecule has 1 aromatic heterocycles. The van der Waals surface area contributed by atoms with Crippen LogP contribution in [0.3, 0.4) is 0 Å². The number of rotatable bonds is 8. The number of hydrogen-bond donors (Lipinski definition) is 2. The Morgan fingerprint density at radius 2 is 2.16 bits per heavy atom. The molecule has 10 nitrogen and oxygen atoms in total. The van der Waals surface area contributed by atoms with Gasteiger partial charge in [-0.1, -0.05) is 6.92 Å². The first kappa shape index (κ1) is 22.6. The Hall–Kier alpha value is -3.08. The standard InChI is InChI=1S/C20H25N5O5S/c1-11-12-8-15(23-24-19-21-10-17(31-19)25(28)29)16(30-4)9-14(12)22-20(2,3)13(11)6-5-7-18(26)27/h8-11,13,22H,5-7H2,1-4H3,(H,26,27). The first-order valence-corrected chi connectivity index (χ1v) is 10.7. The van der Waals surface area contributed by atoms with Crippen molar-refractivity contribution in [3.63, 3.8) is 0 Å². The highest BCUT2D eigenvalue weighted by Crippen LogP contribution is 2.48. The van der Waals surface area contributed by atoms with Crippen LogP contribution in [-0.2, 0) is 4.79 Å². The fraction of sp³-hybridized carbons (Fsp3) is 0.500. The minimum Gasteiger partial charge on any atom is -0.494 e. The molecule has 0 radical (unpaired) electrons. The summed E-state index contributed by atoms with van der Waals surface area (Å²) in [6.07, 6.45) is 2.68. The van der Waals surface area contributed by atoms with Crippen LogP contribution in [0.4, 0.5) is 21.5 Å². The molecule has 0 fully saturated rings. The second-order valence-electron chi connectivity index (χ2n) is 8.08. The molecule has 2 N–H and O–H groups in total. The van der Waals surface area contributed by atoms with Crippen molar-refractivity contribution in [2.24, 2.45) is 16.1 Å². The first-order valence-electron chi connectivity index (χ1n) is 9.86. The van der Waals surface area contributed by atoms with E-state index in [1.807, 2.05) is 12.1 Å². The second-order valence-corrected chi connectivity index (χ2v) is 9.06. The highest BCUT2D eigenvalue weighted by Gasteiger charge is 2.39. The molecule has 0 aliphatic carbocycles. The summed E-state index contributed by atoms with van der Waals surface area (Å²) in [5, 5.41) is 31.7. The summed E-state index contributed by atoms with van der Waals surface area (Å²) < 4.78 is 5.48. The lowest BCUT2D eigenvalue weighted by molar-refractivity contribution is -0.380. The molecule has 1 aliphatic rings. The number of nitrogens with zero attached hydrogens (tertiary/aromatic N) is 4. The Morgan fingerprint density at radius 1 is 1.42 bits per heavy atom. The third-order valence-corrected chi connectivity index (χ3v) is 6.47. The zero-order chi connectivity index (χ0) is 22.8. The predicted molar refractivity (Wildman–Crippen MR) is 117 cm³/mol.